The summed E-state index contributed by atoms with van der Waals surface area (Å²) in [5.41, 5.74) is 4.25. The van der Waals surface area contributed by atoms with Crippen molar-refractivity contribution in [1.29, 1.82) is 0 Å². The van der Waals surface area contributed by atoms with Crippen LogP contribution in [0.1, 0.15) is 15.9 Å². The minimum absolute atomic E-state index is 0.0999. The van der Waals surface area contributed by atoms with Crippen molar-refractivity contribution >= 4 is 17.2 Å². The second-order valence-corrected chi connectivity index (χ2v) is 7.72. The number of amides is 1. The molecule has 156 valence electrons. The molecule has 7 heteroatoms. The molecule has 0 unspecified atom stereocenters. The maximum atomic E-state index is 14.3. The predicted molar refractivity (Wildman–Crippen MR) is 118 cm³/mol. The normalized spacial score (nSPS) is 14.3. The Bertz CT molecular complexity index is 1260. The summed E-state index contributed by atoms with van der Waals surface area (Å²) in [6.45, 7) is 4.86. The molecule has 1 fully saturated rings. The van der Waals surface area contributed by atoms with Crippen LogP contribution < -0.4 is 4.90 Å². The molecule has 4 aromatic rings. The van der Waals surface area contributed by atoms with Crippen molar-refractivity contribution in [2.45, 2.75) is 6.92 Å². The lowest BCUT2D eigenvalue weighted by atomic mass is 10.1. The van der Waals surface area contributed by atoms with E-state index in [1.165, 1.54) is 28.0 Å². The zero-order valence-corrected chi connectivity index (χ0v) is 17.2. The first-order valence-corrected chi connectivity index (χ1v) is 10.3. The molecule has 0 atom stereocenters. The number of aromatic nitrogens is 3. The van der Waals surface area contributed by atoms with Crippen LogP contribution in [0.15, 0.2) is 67.0 Å². The largest absolute Gasteiger partial charge is 0.368 e. The molecule has 6 nitrogen and oxygen atoms in total. The van der Waals surface area contributed by atoms with Gasteiger partial charge in [0.2, 0.25) is 0 Å². The van der Waals surface area contributed by atoms with Crippen molar-refractivity contribution in [2.75, 3.05) is 31.1 Å². The molecule has 0 N–H and O–H groups in total. The van der Waals surface area contributed by atoms with E-state index in [1.807, 2.05) is 4.90 Å². The number of nitrogens with zero attached hydrogens (tertiary/aromatic N) is 5. The van der Waals surface area contributed by atoms with Crippen LogP contribution in [0.5, 0.6) is 0 Å². The number of rotatable bonds is 3. The molecule has 1 amide bonds. The Labute approximate surface area is 179 Å². The molecule has 3 heterocycles. The van der Waals surface area contributed by atoms with Gasteiger partial charge in [0.1, 0.15) is 11.4 Å². The van der Waals surface area contributed by atoms with E-state index < -0.39 is 0 Å². The topological polar surface area (TPSA) is 53.7 Å². The SMILES string of the molecule is Cc1cccc(N2CCN(C(=O)c3cnn4c(-c5ccccc5F)ccnc34)CC2)c1. The van der Waals surface area contributed by atoms with Gasteiger partial charge in [-0.05, 0) is 42.8 Å². The third kappa shape index (κ3) is 3.52. The van der Waals surface area contributed by atoms with Gasteiger partial charge in [-0.15, -0.1) is 0 Å². The molecule has 0 saturated carbocycles. The number of anilines is 1. The summed E-state index contributed by atoms with van der Waals surface area (Å²) in [6.07, 6.45) is 3.12. The van der Waals surface area contributed by atoms with E-state index >= 15 is 0 Å². The molecule has 0 radical (unpaired) electrons. The highest BCUT2D eigenvalue weighted by Gasteiger charge is 2.26. The maximum absolute atomic E-state index is 14.3. The van der Waals surface area contributed by atoms with Gasteiger partial charge >= 0.3 is 0 Å². The molecule has 2 aromatic carbocycles. The third-order valence-electron chi connectivity index (χ3n) is 5.72. The predicted octanol–water partition coefficient (Wildman–Crippen LogP) is 3.81. The maximum Gasteiger partial charge on any atom is 0.259 e. The smallest absolute Gasteiger partial charge is 0.259 e. The van der Waals surface area contributed by atoms with Crippen molar-refractivity contribution in [3.05, 3.63) is 83.9 Å². The fourth-order valence-corrected chi connectivity index (χ4v) is 4.08. The van der Waals surface area contributed by atoms with Crippen LogP contribution in [-0.4, -0.2) is 51.6 Å². The van der Waals surface area contributed by atoms with E-state index in [-0.39, 0.29) is 11.7 Å². The molecular weight excluding hydrogens is 393 g/mol. The first-order chi connectivity index (χ1) is 15.1. The van der Waals surface area contributed by atoms with Crippen molar-refractivity contribution in [1.82, 2.24) is 19.5 Å². The van der Waals surface area contributed by atoms with Crippen LogP contribution in [0.3, 0.4) is 0 Å². The quantitative estimate of drug-likeness (QED) is 0.511. The lowest BCUT2D eigenvalue weighted by molar-refractivity contribution is 0.0748. The lowest BCUT2D eigenvalue weighted by Crippen LogP contribution is -2.48. The van der Waals surface area contributed by atoms with Crippen LogP contribution >= 0.6 is 0 Å². The van der Waals surface area contributed by atoms with Gasteiger partial charge in [-0.1, -0.05) is 24.3 Å². The number of hydrogen-bond acceptors (Lipinski definition) is 4. The van der Waals surface area contributed by atoms with Crippen LogP contribution in [0.4, 0.5) is 10.1 Å². The Morgan fingerprint density at radius 3 is 2.58 bits per heavy atom. The number of fused-ring (bicyclic) bond motifs is 1. The van der Waals surface area contributed by atoms with Gasteiger partial charge in [0.15, 0.2) is 5.65 Å². The van der Waals surface area contributed by atoms with Gasteiger partial charge in [-0.3, -0.25) is 4.79 Å². The first kappa shape index (κ1) is 19.2. The van der Waals surface area contributed by atoms with Gasteiger partial charge in [0, 0.05) is 43.6 Å². The monoisotopic (exact) mass is 415 g/mol. The fourth-order valence-electron chi connectivity index (χ4n) is 4.08. The molecule has 0 bridgehead atoms. The van der Waals surface area contributed by atoms with Gasteiger partial charge < -0.3 is 9.80 Å². The van der Waals surface area contributed by atoms with E-state index in [0.717, 1.165) is 13.1 Å². The number of benzene rings is 2. The highest BCUT2D eigenvalue weighted by atomic mass is 19.1. The Balaban J connectivity index is 1.39. The van der Waals surface area contributed by atoms with Crippen molar-refractivity contribution in [2.24, 2.45) is 0 Å². The number of halogens is 1. The Morgan fingerprint density at radius 1 is 1.00 bits per heavy atom. The minimum atomic E-state index is -0.342. The van der Waals surface area contributed by atoms with Crippen LogP contribution in [0.2, 0.25) is 0 Å². The number of carbonyl (C=O) groups excluding carboxylic acids is 1. The zero-order chi connectivity index (χ0) is 21.4. The summed E-state index contributed by atoms with van der Waals surface area (Å²) in [4.78, 5) is 21.7. The summed E-state index contributed by atoms with van der Waals surface area (Å²) >= 11 is 0. The van der Waals surface area contributed by atoms with Gasteiger partial charge in [-0.2, -0.15) is 5.10 Å². The van der Waals surface area contributed by atoms with E-state index in [4.69, 9.17) is 0 Å². The number of aryl methyl sites for hydroxylation is 1. The molecular formula is C24H22FN5O. The fraction of sp³-hybridized carbons (Fsp3) is 0.208. The highest BCUT2D eigenvalue weighted by molar-refractivity contribution is 6.00. The Kier molecular flexibility index (Phi) is 4.86. The average molecular weight is 415 g/mol. The molecule has 0 aliphatic carbocycles. The Hall–Kier alpha value is -3.74. The van der Waals surface area contributed by atoms with Crippen LogP contribution in [0, 0.1) is 12.7 Å². The molecule has 1 aliphatic heterocycles. The molecule has 1 saturated heterocycles. The van der Waals surface area contributed by atoms with Crippen molar-refractivity contribution < 1.29 is 9.18 Å². The minimum Gasteiger partial charge on any atom is -0.368 e. The summed E-state index contributed by atoms with van der Waals surface area (Å²) < 4.78 is 15.9. The number of piperazine rings is 1. The molecule has 1 aliphatic rings. The van der Waals surface area contributed by atoms with Crippen LogP contribution in [0.25, 0.3) is 16.9 Å². The number of hydrogen-bond donors (Lipinski definition) is 0. The molecule has 2 aromatic heterocycles. The molecule has 0 spiro atoms. The van der Waals surface area contributed by atoms with Crippen molar-refractivity contribution in [3.8, 4) is 11.3 Å². The van der Waals surface area contributed by atoms with Gasteiger partial charge in [0.05, 0.1) is 11.9 Å². The number of carbonyl (C=O) groups is 1. The summed E-state index contributed by atoms with van der Waals surface area (Å²) in [7, 11) is 0. The summed E-state index contributed by atoms with van der Waals surface area (Å²) in [5, 5.41) is 4.35. The summed E-state index contributed by atoms with van der Waals surface area (Å²) in [5.74, 6) is -0.442. The third-order valence-corrected chi connectivity index (χ3v) is 5.72. The average Bonchev–Trinajstić information content (AvgIpc) is 3.23. The van der Waals surface area contributed by atoms with E-state index in [2.05, 4.69) is 46.2 Å². The standard InChI is InChI=1S/C24H22FN5O/c1-17-5-4-6-18(15-17)28-11-13-29(14-12-28)24(31)20-16-27-30-22(9-10-26-23(20)30)19-7-2-3-8-21(19)25/h2-10,15-16H,11-14H2,1H3. The zero-order valence-electron chi connectivity index (χ0n) is 17.2. The molecule has 5 rings (SSSR count). The summed E-state index contributed by atoms with van der Waals surface area (Å²) in [6, 6.07) is 16.6. The second kappa shape index (κ2) is 7.83. The molecule has 31 heavy (non-hydrogen) atoms. The first-order valence-electron chi connectivity index (χ1n) is 10.3. The highest BCUT2D eigenvalue weighted by Crippen LogP contribution is 2.24. The van der Waals surface area contributed by atoms with Gasteiger partial charge in [0.25, 0.3) is 5.91 Å². The van der Waals surface area contributed by atoms with Gasteiger partial charge in [-0.25, -0.2) is 13.9 Å². The van der Waals surface area contributed by atoms with Crippen LogP contribution in [-0.2, 0) is 0 Å². The van der Waals surface area contributed by atoms with Crippen molar-refractivity contribution in [3.63, 3.8) is 0 Å². The lowest BCUT2D eigenvalue weighted by Gasteiger charge is -2.36. The van der Waals surface area contributed by atoms with E-state index in [9.17, 15) is 9.18 Å². The van der Waals surface area contributed by atoms with E-state index in [0.29, 0.717) is 35.6 Å². The Morgan fingerprint density at radius 2 is 1.81 bits per heavy atom. The van der Waals surface area contributed by atoms with E-state index in [1.54, 1.807) is 30.5 Å². The second-order valence-electron chi connectivity index (χ2n) is 7.72.